The number of carboxylic acids is 1. The summed E-state index contributed by atoms with van der Waals surface area (Å²) >= 11 is 0. The second-order valence-corrected chi connectivity index (χ2v) is 5.68. The molecule has 0 saturated heterocycles. The quantitative estimate of drug-likeness (QED) is 0.739. The van der Waals surface area contributed by atoms with Gasteiger partial charge in [-0.15, -0.1) is 0 Å². The van der Waals surface area contributed by atoms with Crippen LogP contribution >= 0.6 is 0 Å². The summed E-state index contributed by atoms with van der Waals surface area (Å²) in [6, 6.07) is 0. The molecule has 1 rings (SSSR count). The van der Waals surface area contributed by atoms with Crippen LogP contribution in [0.4, 0.5) is 0 Å². The van der Waals surface area contributed by atoms with Crippen molar-refractivity contribution in [2.75, 3.05) is 0 Å². The number of aliphatic carboxylic acids is 1. The first-order valence-electron chi connectivity index (χ1n) is 5.61. The Balaban J connectivity index is 2.35. The van der Waals surface area contributed by atoms with Crippen LogP contribution in [0.15, 0.2) is 0 Å². The van der Waals surface area contributed by atoms with Crippen LogP contribution in [-0.2, 0) is 4.79 Å². The van der Waals surface area contributed by atoms with Crippen LogP contribution in [-0.4, -0.2) is 11.1 Å². The SMILES string of the molecule is CC(C)(C)C1CCC(CC(=O)O)CC1. The highest BCUT2D eigenvalue weighted by atomic mass is 16.4. The van der Waals surface area contributed by atoms with Crippen molar-refractivity contribution in [3.8, 4) is 0 Å². The van der Waals surface area contributed by atoms with E-state index in [1.54, 1.807) is 0 Å². The molecule has 0 aromatic heterocycles. The molecule has 1 fully saturated rings. The number of carbonyl (C=O) groups is 1. The van der Waals surface area contributed by atoms with Gasteiger partial charge in [-0.3, -0.25) is 4.79 Å². The molecular formula is C12H22O2. The molecule has 0 radical (unpaired) electrons. The fraction of sp³-hybridized carbons (Fsp3) is 0.917. The number of carboxylic acid groups (broad SMARTS) is 1. The van der Waals surface area contributed by atoms with Gasteiger partial charge in [0.05, 0.1) is 0 Å². The topological polar surface area (TPSA) is 37.3 Å². The van der Waals surface area contributed by atoms with E-state index in [1.165, 1.54) is 12.8 Å². The molecule has 1 saturated carbocycles. The normalized spacial score (nSPS) is 28.8. The van der Waals surface area contributed by atoms with Gasteiger partial charge in [0.15, 0.2) is 0 Å². The zero-order valence-corrected chi connectivity index (χ0v) is 9.55. The van der Waals surface area contributed by atoms with E-state index in [2.05, 4.69) is 20.8 Å². The molecule has 82 valence electrons. The monoisotopic (exact) mass is 198 g/mol. The Kier molecular flexibility index (Phi) is 3.57. The predicted octanol–water partition coefficient (Wildman–Crippen LogP) is 3.31. The van der Waals surface area contributed by atoms with E-state index in [-0.39, 0.29) is 0 Å². The molecule has 2 heteroatoms. The molecular weight excluding hydrogens is 176 g/mol. The van der Waals surface area contributed by atoms with Gasteiger partial charge in [0.25, 0.3) is 0 Å². The van der Waals surface area contributed by atoms with E-state index in [9.17, 15) is 4.79 Å². The standard InChI is InChI=1S/C12H22O2/c1-12(2,3)10-6-4-9(5-7-10)8-11(13)14/h9-10H,4-8H2,1-3H3,(H,13,14). The van der Waals surface area contributed by atoms with E-state index in [0.29, 0.717) is 17.8 Å². The summed E-state index contributed by atoms with van der Waals surface area (Å²) in [6.07, 6.45) is 5.00. The summed E-state index contributed by atoms with van der Waals surface area (Å²) in [5, 5.41) is 8.69. The molecule has 0 spiro atoms. The molecule has 14 heavy (non-hydrogen) atoms. The summed E-state index contributed by atoms with van der Waals surface area (Å²) in [5.41, 5.74) is 0.397. The zero-order valence-electron chi connectivity index (χ0n) is 9.55. The summed E-state index contributed by atoms with van der Waals surface area (Å²) in [5.74, 6) is 0.586. The second-order valence-electron chi connectivity index (χ2n) is 5.68. The van der Waals surface area contributed by atoms with Gasteiger partial charge in [0.1, 0.15) is 0 Å². The van der Waals surface area contributed by atoms with Gasteiger partial charge in [-0.05, 0) is 42.9 Å². The predicted molar refractivity (Wildman–Crippen MR) is 57.2 cm³/mol. The average Bonchev–Trinajstić information content (AvgIpc) is 2.02. The highest BCUT2D eigenvalue weighted by molar-refractivity contribution is 5.67. The van der Waals surface area contributed by atoms with Crippen LogP contribution in [0.5, 0.6) is 0 Å². The third-order valence-electron chi connectivity index (χ3n) is 3.53. The molecule has 2 nitrogen and oxygen atoms in total. The lowest BCUT2D eigenvalue weighted by molar-refractivity contribution is -0.138. The Morgan fingerprint density at radius 2 is 1.71 bits per heavy atom. The lowest BCUT2D eigenvalue weighted by Gasteiger charge is -2.36. The summed E-state index contributed by atoms with van der Waals surface area (Å²) in [6.45, 7) is 6.86. The highest BCUT2D eigenvalue weighted by Crippen LogP contribution is 2.40. The molecule has 0 bridgehead atoms. The van der Waals surface area contributed by atoms with Crippen molar-refractivity contribution in [3.63, 3.8) is 0 Å². The van der Waals surface area contributed by atoms with Gasteiger partial charge in [0, 0.05) is 6.42 Å². The van der Waals surface area contributed by atoms with Crippen molar-refractivity contribution in [1.29, 1.82) is 0 Å². The maximum absolute atomic E-state index is 10.5. The molecule has 1 N–H and O–H groups in total. The second kappa shape index (κ2) is 4.33. The smallest absolute Gasteiger partial charge is 0.303 e. The third-order valence-corrected chi connectivity index (χ3v) is 3.53. The van der Waals surface area contributed by atoms with E-state index in [4.69, 9.17) is 5.11 Å². The lowest BCUT2D eigenvalue weighted by Crippen LogP contribution is -2.26. The van der Waals surface area contributed by atoms with Crippen LogP contribution in [0, 0.1) is 17.3 Å². The van der Waals surface area contributed by atoms with E-state index >= 15 is 0 Å². The molecule has 1 aliphatic rings. The van der Waals surface area contributed by atoms with E-state index in [0.717, 1.165) is 18.8 Å². The van der Waals surface area contributed by atoms with E-state index < -0.39 is 5.97 Å². The molecule has 1 aliphatic carbocycles. The molecule has 0 aromatic carbocycles. The van der Waals surface area contributed by atoms with Crippen molar-refractivity contribution >= 4 is 5.97 Å². The first-order valence-corrected chi connectivity index (χ1v) is 5.61. The minimum Gasteiger partial charge on any atom is -0.481 e. The highest BCUT2D eigenvalue weighted by Gasteiger charge is 2.30. The number of hydrogen-bond donors (Lipinski definition) is 1. The Hall–Kier alpha value is -0.530. The fourth-order valence-electron chi connectivity index (χ4n) is 2.48. The third kappa shape index (κ3) is 3.32. The Morgan fingerprint density at radius 3 is 2.07 bits per heavy atom. The maximum Gasteiger partial charge on any atom is 0.303 e. The Labute approximate surface area is 86.7 Å². The van der Waals surface area contributed by atoms with Crippen molar-refractivity contribution in [2.24, 2.45) is 17.3 Å². The largest absolute Gasteiger partial charge is 0.481 e. The zero-order chi connectivity index (χ0) is 10.8. The van der Waals surface area contributed by atoms with Crippen LogP contribution in [0.2, 0.25) is 0 Å². The van der Waals surface area contributed by atoms with Crippen molar-refractivity contribution in [2.45, 2.75) is 52.9 Å². The first kappa shape index (κ1) is 11.5. The minimum atomic E-state index is -0.635. The minimum absolute atomic E-state index is 0.372. The maximum atomic E-state index is 10.5. The van der Waals surface area contributed by atoms with Crippen LogP contribution in [0.25, 0.3) is 0 Å². The number of hydrogen-bond acceptors (Lipinski definition) is 1. The van der Waals surface area contributed by atoms with Gasteiger partial charge in [-0.2, -0.15) is 0 Å². The Morgan fingerprint density at radius 1 is 1.21 bits per heavy atom. The summed E-state index contributed by atoms with van der Waals surface area (Å²) < 4.78 is 0. The van der Waals surface area contributed by atoms with Crippen molar-refractivity contribution in [1.82, 2.24) is 0 Å². The Bertz CT molecular complexity index is 195. The molecule has 0 heterocycles. The molecule has 0 atom stereocenters. The van der Waals surface area contributed by atoms with Gasteiger partial charge in [-0.25, -0.2) is 0 Å². The average molecular weight is 198 g/mol. The number of rotatable bonds is 2. The van der Waals surface area contributed by atoms with Crippen molar-refractivity contribution in [3.05, 3.63) is 0 Å². The molecule has 0 amide bonds. The van der Waals surface area contributed by atoms with Crippen LogP contribution in [0.3, 0.4) is 0 Å². The van der Waals surface area contributed by atoms with E-state index in [1.807, 2.05) is 0 Å². The van der Waals surface area contributed by atoms with Crippen molar-refractivity contribution < 1.29 is 9.90 Å². The summed E-state index contributed by atoms with van der Waals surface area (Å²) in [4.78, 5) is 10.5. The molecule has 0 aromatic rings. The van der Waals surface area contributed by atoms with Gasteiger partial charge >= 0.3 is 5.97 Å². The van der Waals surface area contributed by atoms with Crippen LogP contribution < -0.4 is 0 Å². The molecule has 0 aliphatic heterocycles. The van der Waals surface area contributed by atoms with Gasteiger partial charge in [-0.1, -0.05) is 20.8 Å². The van der Waals surface area contributed by atoms with Gasteiger partial charge < -0.3 is 5.11 Å². The fourth-order valence-corrected chi connectivity index (χ4v) is 2.48. The lowest BCUT2D eigenvalue weighted by atomic mass is 9.69. The van der Waals surface area contributed by atoms with Gasteiger partial charge in [0.2, 0.25) is 0 Å². The molecule has 0 unspecified atom stereocenters. The first-order chi connectivity index (χ1) is 6.39. The van der Waals surface area contributed by atoms with Crippen LogP contribution in [0.1, 0.15) is 52.9 Å². The summed E-state index contributed by atoms with van der Waals surface area (Å²) in [7, 11) is 0.